The smallest absolute Gasteiger partial charge is 0.288 e. The van der Waals surface area contributed by atoms with E-state index in [2.05, 4.69) is 10.3 Å². The van der Waals surface area contributed by atoms with Gasteiger partial charge in [0.05, 0.1) is 7.11 Å². The summed E-state index contributed by atoms with van der Waals surface area (Å²) in [7, 11) is 1.65. The summed E-state index contributed by atoms with van der Waals surface area (Å²) in [6, 6.07) is 0.715. The molecule has 0 aromatic rings. The number of rotatable bonds is 0. The van der Waals surface area contributed by atoms with Crippen LogP contribution in [0.3, 0.4) is 0 Å². The number of hydrogen-bond donors (Lipinski definition) is 1. The highest BCUT2D eigenvalue weighted by molar-refractivity contribution is 5.79. The lowest BCUT2D eigenvalue weighted by molar-refractivity contribution is 0.201. The summed E-state index contributed by atoms with van der Waals surface area (Å²) in [6.07, 6.45) is 6.32. The molecule has 1 N–H and O–H groups in total. The van der Waals surface area contributed by atoms with Gasteiger partial charge in [-0.1, -0.05) is 6.42 Å². The number of nitrogens with one attached hydrogen (secondary N) is 1. The Morgan fingerprint density at radius 1 is 1.36 bits per heavy atom. The highest BCUT2D eigenvalue weighted by atomic mass is 16.5. The van der Waals surface area contributed by atoms with Crippen molar-refractivity contribution >= 4 is 6.02 Å². The first kappa shape index (κ1) is 6.95. The average molecular weight is 154 g/mol. The number of ether oxygens (including phenoxy) is 1. The van der Waals surface area contributed by atoms with Crippen LogP contribution in [-0.2, 0) is 4.74 Å². The first-order chi connectivity index (χ1) is 5.35. The van der Waals surface area contributed by atoms with Crippen molar-refractivity contribution in [3.05, 3.63) is 0 Å². The third kappa shape index (κ3) is 1.08. The van der Waals surface area contributed by atoms with Gasteiger partial charge in [0.1, 0.15) is 5.66 Å². The van der Waals surface area contributed by atoms with E-state index >= 15 is 0 Å². The van der Waals surface area contributed by atoms with Gasteiger partial charge in [0, 0.05) is 0 Å². The third-order valence-electron chi connectivity index (χ3n) is 2.53. The maximum Gasteiger partial charge on any atom is 0.288 e. The van der Waals surface area contributed by atoms with Gasteiger partial charge in [-0.2, -0.15) is 0 Å². The van der Waals surface area contributed by atoms with Crippen LogP contribution in [0.1, 0.15) is 32.1 Å². The van der Waals surface area contributed by atoms with E-state index in [0.29, 0.717) is 6.02 Å². The number of hydrogen-bond acceptors (Lipinski definition) is 3. The molecule has 1 saturated carbocycles. The van der Waals surface area contributed by atoms with E-state index in [0.717, 1.165) is 0 Å². The molecule has 0 bridgehead atoms. The minimum Gasteiger partial charge on any atom is -0.469 e. The molecule has 1 spiro atoms. The Kier molecular flexibility index (Phi) is 1.51. The van der Waals surface area contributed by atoms with Crippen LogP contribution in [0.15, 0.2) is 4.99 Å². The lowest BCUT2D eigenvalue weighted by Gasteiger charge is -2.41. The summed E-state index contributed by atoms with van der Waals surface area (Å²) in [5.41, 5.74) is 0.0869. The molecule has 3 nitrogen and oxygen atoms in total. The predicted molar refractivity (Wildman–Crippen MR) is 43.4 cm³/mol. The SMILES string of the molecule is COC1=NC2(CCCCC2)N1. The Hall–Kier alpha value is -0.730. The van der Waals surface area contributed by atoms with Crippen molar-refractivity contribution in [2.45, 2.75) is 37.8 Å². The lowest BCUT2D eigenvalue weighted by Crippen LogP contribution is -2.57. The zero-order valence-electron chi connectivity index (χ0n) is 6.89. The van der Waals surface area contributed by atoms with Gasteiger partial charge in [0.15, 0.2) is 0 Å². The van der Waals surface area contributed by atoms with Gasteiger partial charge in [0.2, 0.25) is 0 Å². The number of nitrogens with zero attached hydrogens (tertiary/aromatic N) is 1. The zero-order valence-corrected chi connectivity index (χ0v) is 6.89. The fraction of sp³-hybridized carbons (Fsp3) is 0.875. The van der Waals surface area contributed by atoms with E-state index in [1.165, 1.54) is 32.1 Å². The molecule has 0 amide bonds. The molecular formula is C8H14N2O. The van der Waals surface area contributed by atoms with E-state index in [-0.39, 0.29) is 5.66 Å². The molecule has 11 heavy (non-hydrogen) atoms. The standard InChI is InChI=1S/C8H14N2O/c1-11-7-9-8(10-7)5-3-2-4-6-8/h2-6H2,1H3,(H,9,10). The molecule has 3 heteroatoms. The Morgan fingerprint density at radius 3 is 2.55 bits per heavy atom. The summed E-state index contributed by atoms with van der Waals surface area (Å²) in [5, 5.41) is 3.27. The van der Waals surface area contributed by atoms with E-state index in [4.69, 9.17) is 4.74 Å². The molecule has 0 unspecified atom stereocenters. The van der Waals surface area contributed by atoms with Crippen molar-refractivity contribution in [1.82, 2.24) is 5.32 Å². The van der Waals surface area contributed by atoms with Crippen LogP contribution in [0.4, 0.5) is 0 Å². The molecule has 0 aromatic carbocycles. The van der Waals surface area contributed by atoms with Gasteiger partial charge in [0.25, 0.3) is 6.02 Å². The Bertz CT molecular complexity index is 183. The molecule has 2 aliphatic rings. The molecule has 1 aliphatic carbocycles. The summed E-state index contributed by atoms with van der Waals surface area (Å²) in [5.74, 6) is 0. The maximum absolute atomic E-state index is 4.95. The Morgan fingerprint density at radius 2 is 2.00 bits per heavy atom. The average Bonchev–Trinajstić information content (AvgIpc) is 2.01. The maximum atomic E-state index is 4.95. The van der Waals surface area contributed by atoms with Gasteiger partial charge in [-0.3, -0.25) is 0 Å². The van der Waals surface area contributed by atoms with Crippen LogP contribution in [0.25, 0.3) is 0 Å². The molecular weight excluding hydrogens is 140 g/mol. The first-order valence-corrected chi connectivity index (χ1v) is 4.27. The van der Waals surface area contributed by atoms with Crippen LogP contribution in [0.5, 0.6) is 0 Å². The van der Waals surface area contributed by atoms with E-state index in [1.807, 2.05) is 0 Å². The van der Waals surface area contributed by atoms with Crippen molar-refractivity contribution < 1.29 is 4.74 Å². The van der Waals surface area contributed by atoms with Gasteiger partial charge >= 0.3 is 0 Å². The van der Waals surface area contributed by atoms with Gasteiger partial charge in [-0.15, -0.1) is 0 Å². The molecule has 0 aromatic heterocycles. The minimum absolute atomic E-state index is 0.0869. The molecule has 1 fully saturated rings. The molecule has 0 atom stereocenters. The topological polar surface area (TPSA) is 33.6 Å². The number of amidine groups is 1. The monoisotopic (exact) mass is 154 g/mol. The van der Waals surface area contributed by atoms with Crippen molar-refractivity contribution in [2.24, 2.45) is 4.99 Å². The first-order valence-electron chi connectivity index (χ1n) is 4.27. The van der Waals surface area contributed by atoms with Gasteiger partial charge in [-0.25, -0.2) is 4.99 Å². The van der Waals surface area contributed by atoms with Crippen molar-refractivity contribution in [3.63, 3.8) is 0 Å². The summed E-state index contributed by atoms with van der Waals surface area (Å²) in [6.45, 7) is 0. The molecule has 0 saturated heterocycles. The van der Waals surface area contributed by atoms with Crippen molar-refractivity contribution in [1.29, 1.82) is 0 Å². The summed E-state index contributed by atoms with van der Waals surface area (Å²) >= 11 is 0. The largest absolute Gasteiger partial charge is 0.469 e. The Labute approximate surface area is 66.8 Å². The molecule has 62 valence electrons. The lowest BCUT2D eigenvalue weighted by atomic mass is 9.88. The minimum atomic E-state index is 0.0869. The van der Waals surface area contributed by atoms with E-state index in [9.17, 15) is 0 Å². The fourth-order valence-electron chi connectivity index (χ4n) is 1.87. The van der Waals surface area contributed by atoms with E-state index in [1.54, 1.807) is 7.11 Å². The molecule has 1 aliphatic heterocycles. The van der Waals surface area contributed by atoms with Crippen LogP contribution in [-0.4, -0.2) is 18.8 Å². The van der Waals surface area contributed by atoms with Crippen molar-refractivity contribution in [3.8, 4) is 0 Å². The number of aliphatic imine (C=N–C) groups is 1. The highest BCUT2D eigenvalue weighted by Crippen LogP contribution is 2.33. The van der Waals surface area contributed by atoms with Gasteiger partial charge < -0.3 is 10.1 Å². The quantitative estimate of drug-likeness (QED) is 0.569. The van der Waals surface area contributed by atoms with Gasteiger partial charge in [-0.05, 0) is 25.7 Å². The second kappa shape index (κ2) is 2.40. The third-order valence-corrected chi connectivity index (χ3v) is 2.53. The second-order valence-electron chi connectivity index (χ2n) is 3.34. The zero-order chi connectivity index (χ0) is 7.73. The Balaban J connectivity index is 1.99. The van der Waals surface area contributed by atoms with Crippen LogP contribution in [0.2, 0.25) is 0 Å². The van der Waals surface area contributed by atoms with Crippen LogP contribution >= 0.6 is 0 Å². The number of methoxy groups -OCH3 is 1. The second-order valence-corrected chi connectivity index (χ2v) is 3.34. The molecule has 2 rings (SSSR count). The fourth-order valence-corrected chi connectivity index (χ4v) is 1.87. The summed E-state index contributed by atoms with van der Waals surface area (Å²) < 4.78 is 4.95. The van der Waals surface area contributed by atoms with Crippen LogP contribution in [0, 0.1) is 0 Å². The summed E-state index contributed by atoms with van der Waals surface area (Å²) in [4.78, 5) is 4.41. The predicted octanol–water partition coefficient (Wildman–Crippen LogP) is 1.25. The highest BCUT2D eigenvalue weighted by Gasteiger charge is 2.39. The molecule has 1 heterocycles. The van der Waals surface area contributed by atoms with Crippen LogP contribution < -0.4 is 5.32 Å². The van der Waals surface area contributed by atoms with Crippen molar-refractivity contribution in [2.75, 3.05) is 7.11 Å². The molecule has 0 radical (unpaired) electrons. The van der Waals surface area contributed by atoms with E-state index < -0.39 is 0 Å². The normalized spacial score (nSPS) is 26.8.